The second-order valence-electron chi connectivity index (χ2n) is 15.3. The number of hydrogen-bond donors (Lipinski definition) is 6. The van der Waals surface area contributed by atoms with Gasteiger partial charge in [-0.2, -0.15) is 0 Å². The molecular weight excluding hydrogens is 777 g/mol. The largest absolute Gasteiger partial charge is 0.350 e. The van der Waals surface area contributed by atoms with Crippen molar-refractivity contribution in [2.45, 2.75) is 78.8 Å². The van der Waals surface area contributed by atoms with Crippen molar-refractivity contribution in [2.24, 2.45) is 11.8 Å². The summed E-state index contributed by atoms with van der Waals surface area (Å²) in [5.74, 6) is -4.15. The van der Waals surface area contributed by atoms with Crippen LogP contribution in [0.5, 0.6) is 0 Å². The highest BCUT2D eigenvalue weighted by molar-refractivity contribution is 6.08. The second-order valence-corrected chi connectivity index (χ2v) is 15.3. The summed E-state index contributed by atoms with van der Waals surface area (Å²) < 4.78 is 0. The highest BCUT2D eigenvalue weighted by atomic mass is 16.6. The molecule has 0 saturated heterocycles. The number of rotatable bonds is 5. The monoisotopic (exact) mass is 822 g/mol. The molecule has 6 N–H and O–H groups in total. The van der Waals surface area contributed by atoms with Gasteiger partial charge in [0.25, 0.3) is 29.1 Å². The zero-order valence-electron chi connectivity index (χ0n) is 33.6. The smallest absolute Gasteiger partial charge is 0.278 e. The molecule has 18 nitrogen and oxygen atoms in total. The first-order chi connectivity index (χ1) is 28.4. The summed E-state index contributed by atoms with van der Waals surface area (Å²) in [6.07, 6.45) is 0.257. The van der Waals surface area contributed by atoms with Crippen molar-refractivity contribution >= 4 is 57.6 Å². The average Bonchev–Trinajstić information content (AvgIpc) is 3.21. The van der Waals surface area contributed by atoms with Gasteiger partial charge in [0, 0.05) is 48.5 Å². The third kappa shape index (κ3) is 10.8. The molecule has 0 aliphatic carbocycles. The Bertz CT molecular complexity index is 2350. The van der Waals surface area contributed by atoms with Gasteiger partial charge in [-0.3, -0.25) is 49.0 Å². The summed E-state index contributed by atoms with van der Waals surface area (Å²) in [6.45, 7) is 8.74. The van der Waals surface area contributed by atoms with Gasteiger partial charge in [0.05, 0.1) is 20.6 Å². The molecule has 18 heteroatoms. The molecule has 5 aliphatic heterocycles. The van der Waals surface area contributed by atoms with Crippen molar-refractivity contribution in [1.29, 1.82) is 0 Å². The van der Waals surface area contributed by atoms with Crippen molar-refractivity contribution in [3.63, 3.8) is 0 Å². The van der Waals surface area contributed by atoms with Crippen molar-refractivity contribution in [3.8, 4) is 0 Å². The Labute approximate surface area is 344 Å². The highest BCUT2D eigenvalue weighted by Gasteiger charge is 2.31. The maximum absolute atomic E-state index is 13.6. The first-order valence-electron chi connectivity index (χ1n) is 19.2. The van der Waals surface area contributed by atoms with E-state index >= 15 is 0 Å². The highest BCUT2D eigenvalue weighted by Crippen LogP contribution is 2.35. The van der Waals surface area contributed by atoms with Crippen molar-refractivity contribution in [2.75, 3.05) is 0 Å². The number of non-ortho nitro benzene ring substituents is 2. The number of benzene rings is 4. The van der Waals surface area contributed by atoms with Crippen LogP contribution in [-0.4, -0.2) is 63.4 Å². The van der Waals surface area contributed by atoms with Gasteiger partial charge in [-0.05, 0) is 66.1 Å². The Morgan fingerprint density at radius 2 is 1.02 bits per heavy atom. The first kappa shape index (κ1) is 43.9. The molecule has 0 saturated carbocycles. The van der Waals surface area contributed by atoms with Gasteiger partial charge in [-0.25, -0.2) is 0 Å². The summed E-state index contributed by atoms with van der Waals surface area (Å²) >= 11 is 0. The average molecular weight is 823 g/mol. The molecule has 0 unspecified atom stereocenters. The Morgan fingerprint density at radius 1 is 0.567 bits per heavy atom. The Balaban J connectivity index is 1.47. The number of hydrogen-bond acceptors (Lipinski definition) is 10. The van der Waals surface area contributed by atoms with Gasteiger partial charge < -0.3 is 31.9 Å². The van der Waals surface area contributed by atoms with Gasteiger partial charge in [0.15, 0.2) is 0 Å². The van der Waals surface area contributed by atoms with E-state index in [2.05, 4.69) is 31.9 Å². The van der Waals surface area contributed by atoms with Gasteiger partial charge in [-0.15, -0.1) is 0 Å². The minimum Gasteiger partial charge on any atom is -0.350 e. The SMILES string of the molecule is CC(C)C[C@@H]1NC(=O)[C@H](C(C)C)NC(=O)c2ccc(cc2)CNC(=O)c2cc([N+](=O)[O-])c3cc(cc([N+](=O)[O-])c3c2)C(=O)NCc2ccc(cc2)CNC(=O)[C@H](C)NC1=O. The lowest BCUT2D eigenvalue weighted by Crippen LogP contribution is -2.57. The summed E-state index contributed by atoms with van der Waals surface area (Å²) in [5.41, 5.74) is 0.347. The molecule has 9 rings (SSSR count). The Hall–Kier alpha value is -7.24. The summed E-state index contributed by atoms with van der Waals surface area (Å²) in [6, 6.07) is 14.1. The number of amides is 6. The fraction of sp³-hybridized carbons (Fsp3) is 0.333. The van der Waals surface area contributed by atoms with Gasteiger partial charge in [0.2, 0.25) is 17.7 Å². The van der Waals surface area contributed by atoms with Gasteiger partial charge in [-0.1, -0.05) is 64.1 Å². The van der Waals surface area contributed by atoms with Crippen LogP contribution in [0.15, 0.2) is 72.8 Å². The van der Waals surface area contributed by atoms with Gasteiger partial charge in [0.1, 0.15) is 18.1 Å². The maximum Gasteiger partial charge on any atom is 0.278 e. The predicted molar refractivity (Wildman–Crippen MR) is 219 cm³/mol. The van der Waals surface area contributed by atoms with Crippen LogP contribution < -0.4 is 31.9 Å². The lowest BCUT2D eigenvalue weighted by Gasteiger charge is -2.27. The molecule has 314 valence electrons. The lowest BCUT2D eigenvalue weighted by atomic mass is 9.99. The summed E-state index contributed by atoms with van der Waals surface area (Å²) in [4.78, 5) is 103. The van der Waals surface area contributed by atoms with Crippen LogP contribution in [0.3, 0.4) is 0 Å². The van der Waals surface area contributed by atoms with Gasteiger partial charge >= 0.3 is 0 Å². The van der Waals surface area contributed by atoms with E-state index in [1.165, 1.54) is 19.1 Å². The lowest BCUT2D eigenvalue weighted by molar-refractivity contribution is -0.384. The van der Waals surface area contributed by atoms with Crippen molar-refractivity contribution < 1.29 is 38.6 Å². The number of carbonyl (C=O) groups excluding carboxylic acids is 6. The minimum atomic E-state index is -1.04. The third-order valence-corrected chi connectivity index (χ3v) is 9.88. The van der Waals surface area contributed by atoms with Crippen molar-refractivity contribution in [1.82, 2.24) is 31.9 Å². The number of fused-ring (bicyclic) bond motifs is 1. The second kappa shape index (κ2) is 19.0. The molecule has 8 bridgehead atoms. The van der Waals surface area contributed by atoms with Crippen molar-refractivity contribution in [3.05, 3.63) is 126 Å². The molecule has 6 amide bonds. The molecule has 5 aliphatic rings. The van der Waals surface area contributed by atoms with E-state index in [4.69, 9.17) is 0 Å². The van der Waals surface area contributed by atoms with Crippen LogP contribution in [0, 0.1) is 32.1 Å². The molecule has 0 spiro atoms. The normalized spacial score (nSPS) is 18.7. The zero-order chi connectivity index (χ0) is 43.8. The summed E-state index contributed by atoms with van der Waals surface area (Å²) in [7, 11) is 0. The molecule has 3 atom stereocenters. The topological polar surface area (TPSA) is 261 Å². The fourth-order valence-electron chi connectivity index (χ4n) is 6.55. The predicted octanol–water partition coefficient (Wildman–Crippen LogP) is 3.94. The number of nitrogens with one attached hydrogen (secondary N) is 6. The molecule has 0 radical (unpaired) electrons. The quantitative estimate of drug-likeness (QED) is 0.125. The van der Waals surface area contributed by atoms with Crippen LogP contribution in [0.25, 0.3) is 10.8 Å². The molecule has 60 heavy (non-hydrogen) atoms. The number of nitro benzene ring substituents is 2. The fourth-order valence-corrected chi connectivity index (χ4v) is 6.55. The molecular formula is C42H46N8O10. The van der Waals surface area contributed by atoms with E-state index in [-0.39, 0.29) is 65.4 Å². The van der Waals surface area contributed by atoms with Crippen LogP contribution in [0.1, 0.15) is 88.8 Å². The number of carbonyl (C=O) groups is 6. The number of nitrogens with zero attached hydrogens (tertiary/aromatic N) is 2. The molecule has 5 heterocycles. The van der Waals surface area contributed by atoms with Crippen LogP contribution >= 0.6 is 0 Å². The first-order valence-corrected chi connectivity index (χ1v) is 19.2. The van der Waals surface area contributed by atoms with E-state index in [0.29, 0.717) is 16.7 Å². The Kier molecular flexibility index (Phi) is 13.9. The minimum absolute atomic E-state index is 0.0112. The van der Waals surface area contributed by atoms with Crippen LogP contribution in [0.4, 0.5) is 11.4 Å². The summed E-state index contributed by atoms with van der Waals surface area (Å²) in [5, 5.41) is 40.2. The third-order valence-electron chi connectivity index (χ3n) is 9.88. The van der Waals surface area contributed by atoms with E-state index in [0.717, 1.165) is 24.3 Å². The molecule has 4 aromatic rings. The standard InChI is InChI=1S/C42H46N8O10/c1-22(2)14-33-41(55)46-24(5)37(51)43-19-25-6-8-26(9-7-25)20-44-38(52)29-15-31-32(34(17-29)49(57)58)16-30(18-35(31)50(59)60)39(53)45-21-27-10-12-28(13-11-27)40(54)48-36(23(3)4)42(56)47-33/h6-13,15-18,22-24,33,36H,14,19-21H2,1-5H3,(H,43,51)(H,44,52)(H,45,53)(H,46,55)(H,47,56)(H,48,54)/t24-,33-,36-/m0/s1. The molecule has 4 aromatic carbocycles. The molecule has 0 fully saturated rings. The molecule has 0 aromatic heterocycles. The van der Waals surface area contributed by atoms with E-state index in [9.17, 15) is 49.0 Å². The Morgan fingerprint density at radius 3 is 1.45 bits per heavy atom. The van der Waals surface area contributed by atoms with E-state index < -0.39 is 74.8 Å². The maximum atomic E-state index is 13.6. The number of nitro groups is 2. The van der Waals surface area contributed by atoms with Crippen LogP contribution in [0.2, 0.25) is 0 Å². The van der Waals surface area contributed by atoms with E-state index in [1.54, 1.807) is 50.2 Å². The van der Waals surface area contributed by atoms with E-state index in [1.807, 2.05) is 13.8 Å². The zero-order valence-corrected chi connectivity index (χ0v) is 33.6. The van der Waals surface area contributed by atoms with Crippen LogP contribution in [-0.2, 0) is 34.0 Å².